The number of carbonyl (C=O) groups is 1. The fraction of sp³-hybridized carbons (Fsp3) is 0.750. The maximum Gasteiger partial charge on any atom is 0.234 e. The number of rotatable bonds is 5. The highest BCUT2D eigenvalue weighted by Crippen LogP contribution is 2.40. The van der Waals surface area contributed by atoms with E-state index in [1.54, 1.807) is 0 Å². The van der Waals surface area contributed by atoms with Crippen molar-refractivity contribution >= 4 is 5.91 Å². The summed E-state index contributed by atoms with van der Waals surface area (Å²) in [6.45, 7) is 4.64. The standard InChI is InChI=1S/C16H27N5O/c1-19-7-3-8-21(11-10-19)12-14(22)18-15(13-4-5-13)16-17-6-9-20(16)2/h6,9,13,15H,3-5,7-8,10-12H2,1-2H3,(H,18,22)/t15-/m1/s1. The van der Waals surface area contributed by atoms with Gasteiger partial charge < -0.3 is 14.8 Å². The molecule has 1 N–H and O–H groups in total. The van der Waals surface area contributed by atoms with Crippen molar-refractivity contribution in [3.63, 3.8) is 0 Å². The maximum absolute atomic E-state index is 12.5. The zero-order chi connectivity index (χ0) is 15.5. The van der Waals surface area contributed by atoms with Crippen LogP contribution in [0.25, 0.3) is 0 Å². The van der Waals surface area contributed by atoms with Crippen molar-refractivity contribution in [2.75, 3.05) is 39.8 Å². The zero-order valence-corrected chi connectivity index (χ0v) is 13.7. The van der Waals surface area contributed by atoms with Crippen LogP contribution in [-0.4, -0.2) is 65.0 Å². The van der Waals surface area contributed by atoms with E-state index in [-0.39, 0.29) is 11.9 Å². The average molecular weight is 305 g/mol. The van der Waals surface area contributed by atoms with Gasteiger partial charge in [-0.1, -0.05) is 0 Å². The molecule has 0 bridgehead atoms. The van der Waals surface area contributed by atoms with E-state index in [1.807, 2.05) is 24.0 Å². The van der Waals surface area contributed by atoms with Gasteiger partial charge in [0.05, 0.1) is 12.6 Å². The summed E-state index contributed by atoms with van der Waals surface area (Å²) in [6, 6.07) is 0.0714. The van der Waals surface area contributed by atoms with E-state index in [2.05, 4.69) is 27.1 Å². The Labute approximate surface area is 132 Å². The van der Waals surface area contributed by atoms with E-state index < -0.39 is 0 Å². The molecular weight excluding hydrogens is 278 g/mol. The zero-order valence-electron chi connectivity index (χ0n) is 13.7. The van der Waals surface area contributed by atoms with E-state index in [9.17, 15) is 4.79 Å². The second-order valence-electron chi connectivity index (χ2n) is 6.71. The van der Waals surface area contributed by atoms with Gasteiger partial charge in [-0.15, -0.1) is 0 Å². The van der Waals surface area contributed by atoms with Crippen LogP contribution < -0.4 is 5.32 Å². The van der Waals surface area contributed by atoms with Crippen LogP contribution in [0.3, 0.4) is 0 Å². The van der Waals surface area contributed by atoms with Crippen molar-refractivity contribution in [3.8, 4) is 0 Å². The van der Waals surface area contributed by atoms with Crippen molar-refractivity contribution in [1.82, 2.24) is 24.7 Å². The quantitative estimate of drug-likeness (QED) is 0.867. The van der Waals surface area contributed by atoms with Gasteiger partial charge in [0.2, 0.25) is 5.91 Å². The van der Waals surface area contributed by atoms with Gasteiger partial charge in [-0.05, 0) is 45.3 Å². The van der Waals surface area contributed by atoms with E-state index in [0.717, 1.165) is 38.4 Å². The Hall–Kier alpha value is -1.40. The number of likely N-dealkylation sites (N-methyl/N-ethyl adjacent to an activating group) is 1. The second-order valence-corrected chi connectivity index (χ2v) is 6.71. The number of aromatic nitrogens is 2. The van der Waals surface area contributed by atoms with E-state index >= 15 is 0 Å². The van der Waals surface area contributed by atoms with Gasteiger partial charge in [0.25, 0.3) is 0 Å². The minimum absolute atomic E-state index is 0.0714. The molecule has 1 aliphatic carbocycles. The Kier molecular flexibility index (Phi) is 4.78. The first kappa shape index (κ1) is 15.5. The third-order valence-corrected chi connectivity index (χ3v) is 4.73. The molecule has 0 spiro atoms. The highest BCUT2D eigenvalue weighted by molar-refractivity contribution is 5.78. The number of amides is 1. The van der Waals surface area contributed by atoms with Gasteiger partial charge in [-0.3, -0.25) is 9.69 Å². The van der Waals surface area contributed by atoms with Crippen LogP contribution in [0.2, 0.25) is 0 Å². The number of imidazole rings is 1. The summed E-state index contributed by atoms with van der Waals surface area (Å²) in [6.07, 6.45) is 7.26. The molecule has 0 unspecified atom stereocenters. The van der Waals surface area contributed by atoms with Gasteiger partial charge in [-0.25, -0.2) is 4.98 Å². The Bertz CT molecular complexity index is 510. The minimum atomic E-state index is 0.0714. The highest BCUT2D eigenvalue weighted by atomic mass is 16.2. The van der Waals surface area contributed by atoms with Crippen LogP contribution in [0.5, 0.6) is 0 Å². The summed E-state index contributed by atoms with van der Waals surface area (Å²) in [7, 11) is 4.14. The Balaban J connectivity index is 1.56. The Morgan fingerprint density at radius 3 is 2.82 bits per heavy atom. The van der Waals surface area contributed by atoms with Crippen molar-refractivity contribution in [2.45, 2.75) is 25.3 Å². The molecule has 6 heteroatoms. The number of hydrogen-bond donors (Lipinski definition) is 1. The molecule has 1 aliphatic heterocycles. The van der Waals surface area contributed by atoms with Gasteiger partial charge in [-0.2, -0.15) is 0 Å². The summed E-state index contributed by atoms with van der Waals surface area (Å²) in [5.41, 5.74) is 0. The summed E-state index contributed by atoms with van der Waals surface area (Å²) < 4.78 is 2.02. The lowest BCUT2D eigenvalue weighted by atomic mass is 10.1. The molecule has 1 amide bonds. The number of nitrogens with zero attached hydrogens (tertiary/aromatic N) is 4. The largest absolute Gasteiger partial charge is 0.345 e. The van der Waals surface area contributed by atoms with Crippen LogP contribution in [0, 0.1) is 5.92 Å². The van der Waals surface area contributed by atoms with Gasteiger partial charge in [0.1, 0.15) is 5.82 Å². The predicted molar refractivity (Wildman–Crippen MR) is 85.4 cm³/mol. The molecule has 1 saturated carbocycles. The molecule has 6 nitrogen and oxygen atoms in total. The SMILES string of the molecule is CN1CCCN(CC(=O)N[C@@H](c2nccn2C)C2CC2)CC1. The molecule has 22 heavy (non-hydrogen) atoms. The van der Waals surface area contributed by atoms with Crippen molar-refractivity contribution < 1.29 is 4.79 Å². The molecule has 122 valence electrons. The number of nitrogens with one attached hydrogen (secondary N) is 1. The smallest absolute Gasteiger partial charge is 0.234 e. The molecule has 0 radical (unpaired) electrons. The second kappa shape index (κ2) is 6.79. The van der Waals surface area contributed by atoms with Crippen LogP contribution in [-0.2, 0) is 11.8 Å². The predicted octanol–water partition coefficient (Wildman–Crippen LogP) is 0.625. The monoisotopic (exact) mass is 305 g/mol. The maximum atomic E-state index is 12.5. The third-order valence-electron chi connectivity index (χ3n) is 4.73. The van der Waals surface area contributed by atoms with E-state index in [1.165, 1.54) is 12.8 Å². The van der Waals surface area contributed by atoms with Crippen molar-refractivity contribution in [2.24, 2.45) is 13.0 Å². The minimum Gasteiger partial charge on any atom is -0.345 e. The molecule has 2 fully saturated rings. The number of hydrogen-bond acceptors (Lipinski definition) is 4. The molecule has 1 atom stereocenters. The van der Waals surface area contributed by atoms with Gasteiger partial charge in [0, 0.05) is 32.5 Å². The first-order valence-corrected chi connectivity index (χ1v) is 8.31. The lowest BCUT2D eigenvalue weighted by Crippen LogP contribution is -2.41. The number of aryl methyl sites for hydroxylation is 1. The molecule has 1 aromatic rings. The molecule has 2 aliphatic rings. The normalized spacial score (nSPS) is 22.3. The first-order valence-electron chi connectivity index (χ1n) is 8.31. The number of carbonyl (C=O) groups excluding carboxylic acids is 1. The third kappa shape index (κ3) is 3.87. The van der Waals surface area contributed by atoms with Gasteiger partial charge in [0.15, 0.2) is 0 Å². The molecule has 3 rings (SSSR count). The summed E-state index contributed by atoms with van der Waals surface area (Å²) in [5.74, 6) is 1.66. The van der Waals surface area contributed by atoms with Crippen LogP contribution >= 0.6 is 0 Å². The fourth-order valence-electron chi connectivity index (χ4n) is 3.18. The summed E-state index contributed by atoms with van der Waals surface area (Å²) in [4.78, 5) is 21.5. The average Bonchev–Trinajstić information content (AvgIpc) is 3.26. The van der Waals surface area contributed by atoms with Crippen molar-refractivity contribution in [1.29, 1.82) is 0 Å². The highest BCUT2D eigenvalue weighted by Gasteiger charge is 2.35. The van der Waals surface area contributed by atoms with Gasteiger partial charge >= 0.3 is 0 Å². The summed E-state index contributed by atoms with van der Waals surface area (Å²) in [5, 5.41) is 3.22. The Morgan fingerprint density at radius 2 is 2.14 bits per heavy atom. The van der Waals surface area contributed by atoms with Crippen LogP contribution in [0.15, 0.2) is 12.4 Å². The fourth-order valence-corrected chi connectivity index (χ4v) is 3.18. The molecule has 2 heterocycles. The molecule has 0 aromatic carbocycles. The van der Waals surface area contributed by atoms with E-state index in [0.29, 0.717) is 12.5 Å². The lowest BCUT2D eigenvalue weighted by molar-refractivity contribution is -0.123. The van der Waals surface area contributed by atoms with Crippen molar-refractivity contribution in [3.05, 3.63) is 18.2 Å². The van der Waals surface area contributed by atoms with Crippen LogP contribution in [0.4, 0.5) is 0 Å². The van der Waals surface area contributed by atoms with E-state index in [4.69, 9.17) is 0 Å². The Morgan fingerprint density at radius 1 is 1.32 bits per heavy atom. The molecule has 1 saturated heterocycles. The molecular formula is C16H27N5O. The topological polar surface area (TPSA) is 53.4 Å². The molecule has 1 aromatic heterocycles. The lowest BCUT2D eigenvalue weighted by Gasteiger charge is -2.22. The summed E-state index contributed by atoms with van der Waals surface area (Å²) >= 11 is 0. The van der Waals surface area contributed by atoms with Crippen LogP contribution in [0.1, 0.15) is 31.1 Å². The first-order chi connectivity index (χ1) is 10.6.